The highest BCUT2D eigenvalue weighted by Crippen LogP contribution is 2.17. The fraction of sp³-hybridized carbons (Fsp3) is 0.474. The Labute approximate surface area is 162 Å². The van der Waals surface area contributed by atoms with Crippen LogP contribution >= 0.6 is 11.8 Å². The van der Waals surface area contributed by atoms with Crippen molar-refractivity contribution in [2.45, 2.75) is 49.5 Å². The third-order valence-electron chi connectivity index (χ3n) is 4.28. The molecule has 146 valence electrons. The summed E-state index contributed by atoms with van der Waals surface area (Å²) in [5.74, 6) is -1.52. The van der Waals surface area contributed by atoms with Crippen molar-refractivity contribution in [3.05, 3.63) is 29.8 Å². The fourth-order valence-electron chi connectivity index (χ4n) is 2.81. The molecule has 0 aliphatic heterocycles. The number of benzene rings is 1. The molecule has 1 fully saturated rings. The summed E-state index contributed by atoms with van der Waals surface area (Å²) in [6.45, 7) is -0.548. The largest absolute Gasteiger partial charge is 0.456 e. The number of esters is 1. The molecule has 0 atom stereocenters. The molecule has 2 N–H and O–H groups in total. The van der Waals surface area contributed by atoms with Crippen LogP contribution in [-0.4, -0.2) is 42.6 Å². The van der Waals surface area contributed by atoms with E-state index < -0.39 is 24.5 Å². The molecule has 1 saturated carbocycles. The number of ether oxygens (including phenoxy) is 1. The second-order valence-corrected chi connectivity index (χ2v) is 7.20. The molecule has 0 spiro atoms. The van der Waals surface area contributed by atoms with Gasteiger partial charge in [-0.05, 0) is 31.2 Å². The van der Waals surface area contributed by atoms with E-state index in [1.165, 1.54) is 0 Å². The Hall–Kier alpha value is -2.35. The standard InChI is InChI=1S/C19H24N2O5S/c1-27-15-8-6-13(7-9-15)16(22)10-11-18(24)26-12-17(23)21-19(25)20-14-4-2-3-5-14/h6-9,14H,2-5,10-12H2,1H3,(H2,20,21,23,25). The van der Waals surface area contributed by atoms with Crippen molar-refractivity contribution < 1.29 is 23.9 Å². The first-order valence-corrected chi connectivity index (χ1v) is 10.1. The van der Waals surface area contributed by atoms with E-state index in [0.29, 0.717) is 5.56 Å². The molecule has 7 nitrogen and oxygen atoms in total. The number of Topliss-reactive ketones (excluding diaryl/α,β-unsaturated/α-hetero) is 1. The second-order valence-electron chi connectivity index (χ2n) is 6.32. The zero-order chi connectivity index (χ0) is 19.6. The van der Waals surface area contributed by atoms with Crippen LogP contribution in [-0.2, 0) is 14.3 Å². The number of amides is 3. The van der Waals surface area contributed by atoms with Gasteiger partial charge in [-0.2, -0.15) is 0 Å². The van der Waals surface area contributed by atoms with Crippen LogP contribution in [0.3, 0.4) is 0 Å². The SMILES string of the molecule is CSc1ccc(C(=O)CCC(=O)OCC(=O)NC(=O)NC2CCCC2)cc1. The molecule has 0 bridgehead atoms. The summed E-state index contributed by atoms with van der Waals surface area (Å²) in [5.41, 5.74) is 0.530. The number of carbonyl (C=O) groups excluding carboxylic acids is 4. The first-order chi connectivity index (χ1) is 13.0. The number of carbonyl (C=O) groups is 4. The molecule has 1 aliphatic carbocycles. The number of hydrogen-bond donors (Lipinski definition) is 2. The topological polar surface area (TPSA) is 102 Å². The predicted octanol–water partition coefficient (Wildman–Crippen LogP) is 2.68. The van der Waals surface area contributed by atoms with Crippen LogP contribution in [0, 0.1) is 0 Å². The lowest BCUT2D eigenvalue weighted by Crippen LogP contribution is -2.45. The third kappa shape index (κ3) is 7.42. The Morgan fingerprint density at radius 3 is 2.37 bits per heavy atom. The lowest BCUT2D eigenvalue weighted by Gasteiger charge is -2.12. The summed E-state index contributed by atoms with van der Waals surface area (Å²) in [5, 5.41) is 4.83. The van der Waals surface area contributed by atoms with Crippen molar-refractivity contribution >= 4 is 35.5 Å². The van der Waals surface area contributed by atoms with Crippen molar-refractivity contribution in [3.8, 4) is 0 Å². The smallest absolute Gasteiger partial charge is 0.321 e. The van der Waals surface area contributed by atoms with Crippen molar-refractivity contribution in [1.82, 2.24) is 10.6 Å². The van der Waals surface area contributed by atoms with Gasteiger partial charge < -0.3 is 10.1 Å². The Balaban J connectivity index is 1.63. The summed E-state index contributed by atoms with van der Waals surface area (Å²) < 4.78 is 4.81. The highest BCUT2D eigenvalue weighted by molar-refractivity contribution is 7.98. The van der Waals surface area contributed by atoms with Gasteiger partial charge in [0, 0.05) is 22.9 Å². The maximum atomic E-state index is 12.1. The highest BCUT2D eigenvalue weighted by Gasteiger charge is 2.18. The average Bonchev–Trinajstić information content (AvgIpc) is 3.17. The molecule has 0 unspecified atom stereocenters. The molecule has 0 aromatic heterocycles. The lowest BCUT2D eigenvalue weighted by molar-refractivity contribution is -0.148. The number of ketones is 1. The maximum absolute atomic E-state index is 12.1. The zero-order valence-corrected chi connectivity index (χ0v) is 16.1. The maximum Gasteiger partial charge on any atom is 0.321 e. The van der Waals surface area contributed by atoms with E-state index in [-0.39, 0.29) is 24.7 Å². The predicted molar refractivity (Wildman–Crippen MR) is 102 cm³/mol. The molecule has 0 saturated heterocycles. The molecular formula is C19H24N2O5S. The summed E-state index contributed by atoms with van der Waals surface area (Å²) in [6, 6.07) is 6.64. The minimum absolute atomic E-state index is 0.00122. The number of hydrogen-bond acceptors (Lipinski definition) is 6. The minimum atomic E-state index is -0.696. The number of urea groups is 1. The summed E-state index contributed by atoms with van der Waals surface area (Å²) in [7, 11) is 0. The molecule has 1 aromatic carbocycles. The molecular weight excluding hydrogens is 368 g/mol. The van der Waals surface area contributed by atoms with E-state index in [0.717, 1.165) is 30.6 Å². The molecule has 27 heavy (non-hydrogen) atoms. The lowest BCUT2D eigenvalue weighted by atomic mass is 10.1. The van der Waals surface area contributed by atoms with Crippen LogP contribution < -0.4 is 10.6 Å². The van der Waals surface area contributed by atoms with Gasteiger partial charge in [0.15, 0.2) is 12.4 Å². The Kier molecular flexibility index (Phi) is 8.32. The van der Waals surface area contributed by atoms with Gasteiger partial charge in [-0.15, -0.1) is 11.8 Å². The molecule has 1 aliphatic rings. The zero-order valence-electron chi connectivity index (χ0n) is 15.3. The Morgan fingerprint density at radius 2 is 1.74 bits per heavy atom. The normalized spacial score (nSPS) is 13.8. The van der Waals surface area contributed by atoms with Gasteiger partial charge in [-0.1, -0.05) is 25.0 Å². The van der Waals surface area contributed by atoms with E-state index in [1.54, 1.807) is 23.9 Å². The third-order valence-corrected chi connectivity index (χ3v) is 5.02. The molecule has 3 amide bonds. The van der Waals surface area contributed by atoms with Crippen molar-refractivity contribution in [2.75, 3.05) is 12.9 Å². The van der Waals surface area contributed by atoms with E-state index in [2.05, 4.69) is 10.6 Å². The van der Waals surface area contributed by atoms with Crippen molar-refractivity contribution in [2.24, 2.45) is 0 Å². The molecule has 0 radical (unpaired) electrons. The number of imide groups is 1. The van der Waals surface area contributed by atoms with E-state index in [4.69, 9.17) is 4.74 Å². The Bertz CT molecular complexity index is 684. The van der Waals surface area contributed by atoms with Crippen LogP contribution in [0.15, 0.2) is 29.2 Å². The van der Waals surface area contributed by atoms with Gasteiger partial charge in [0.05, 0.1) is 6.42 Å². The quantitative estimate of drug-likeness (QED) is 0.401. The Morgan fingerprint density at radius 1 is 1.07 bits per heavy atom. The van der Waals surface area contributed by atoms with Crippen molar-refractivity contribution in [1.29, 1.82) is 0 Å². The van der Waals surface area contributed by atoms with Crippen LogP contribution in [0.5, 0.6) is 0 Å². The minimum Gasteiger partial charge on any atom is -0.456 e. The highest BCUT2D eigenvalue weighted by atomic mass is 32.2. The van der Waals surface area contributed by atoms with Crippen LogP contribution in [0.1, 0.15) is 48.9 Å². The van der Waals surface area contributed by atoms with Crippen molar-refractivity contribution in [3.63, 3.8) is 0 Å². The van der Waals surface area contributed by atoms with E-state index in [1.807, 2.05) is 18.4 Å². The van der Waals surface area contributed by atoms with Gasteiger partial charge in [0.25, 0.3) is 5.91 Å². The van der Waals surface area contributed by atoms with E-state index in [9.17, 15) is 19.2 Å². The summed E-state index contributed by atoms with van der Waals surface area (Å²) in [4.78, 5) is 48.1. The molecule has 8 heteroatoms. The number of rotatable bonds is 8. The second kappa shape index (κ2) is 10.7. The summed E-state index contributed by atoms with van der Waals surface area (Å²) >= 11 is 1.58. The number of nitrogens with one attached hydrogen (secondary N) is 2. The first-order valence-electron chi connectivity index (χ1n) is 8.91. The van der Waals surface area contributed by atoms with Gasteiger partial charge in [-0.25, -0.2) is 4.79 Å². The van der Waals surface area contributed by atoms with Gasteiger partial charge in [0.1, 0.15) is 0 Å². The summed E-state index contributed by atoms with van der Waals surface area (Å²) in [6.07, 6.45) is 5.77. The van der Waals surface area contributed by atoms with Crippen LogP contribution in [0.25, 0.3) is 0 Å². The number of thioether (sulfide) groups is 1. The molecule has 1 aromatic rings. The fourth-order valence-corrected chi connectivity index (χ4v) is 3.22. The monoisotopic (exact) mass is 392 g/mol. The first kappa shape index (κ1) is 21.0. The average molecular weight is 392 g/mol. The van der Waals surface area contributed by atoms with Crippen LogP contribution in [0.2, 0.25) is 0 Å². The van der Waals surface area contributed by atoms with Gasteiger partial charge in [0.2, 0.25) is 0 Å². The molecule has 2 rings (SSSR count). The van der Waals surface area contributed by atoms with Gasteiger partial charge in [-0.3, -0.25) is 19.7 Å². The van der Waals surface area contributed by atoms with E-state index >= 15 is 0 Å². The van der Waals surface area contributed by atoms with Crippen LogP contribution in [0.4, 0.5) is 4.79 Å². The van der Waals surface area contributed by atoms with Gasteiger partial charge >= 0.3 is 12.0 Å². The molecule has 0 heterocycles.